The normalized spacial score (nSPS) is 11.4. The van der Waals surface area contributed by atoms with Crippen molar-refractivity contribution in [2.45, 2.75) is 38.3 Å². The average Bonchev–Trinajstić information content (AvgIpc) is 3.22. The van der Waals surface area contributed by atoms with Crippen molar-refractivity contribution in [1.82, 2.24) is 14.8 Å². The van der Waals surface area contributed by atoms with Crippen LogP contribution >= 0.6 is 23.4 Å². The summed E-state index contributed by atoms with van der Waals surface area (Å²) in [6, 6.07) is 23.6. The lowest BCUT2D eigenvalue weighted by Gasteiger charge is -2.19. The summed E-state index contributed by atoms with van der Waals surface area (Å²) >= 11 is 7.47. The third-order valence-corrected chi connectivity index (χ3v) is 6.54. The fraction of sp³-hybridized carbons (Fsp3) is 0.222. The monoisotopic (exact) mass is 490 g/mol. The minimum atomic E-state index is -0.0997. The molecule has 34 heavy (non-hydrogen) atoms. The number of aryl methyl sites for hydroxylation is 1. The fourth-order valence-electron chi connectivity index (χ4n) is 3.54. The maximum Gasteiger partial charge on any atom is 0.234 e. The molecular weight excluding hydrogens is 464 g/mol. The number of anilines is 1. The number of thioether (sulfide) groups is 1. The molecular formula is C27H27ClN4OS. The maximum absolute atomic E-state index is 12.6. The summed E-state index contributed by atoms with van der Waals surface area (Å²) in [7, 11) is 0. The summed E-state index contributed by atoms with van der Waals surface area (Å²) in [5.41, 5.74) is 5.02. The molecule has 0 unspecified atom stereocenters. The molecule has 0 aliphatic heterocycles. The van der Waals surface area contributed by atoms with Gasteiger partial charge in [0.05, 0.1) is 5.75 Å². The van der Waals surface area contributed by atoms with Crippen molar-refractivity contribution in [3.05, 3.63) is 88.9 Å². The van der Waals surface area contributed by atoms with Crippen molar-refractivity contribution in [2.75, 3.05) is 11.1 Å². The molecule has 7 heteroatoms. The molecule has 4 rings (SSSR count). The van der Waals surface area contributed by atoms with E-state index in [0.29, 0.717) is 16.0 Å². The van der Waals surface area contributed by atoms with Gasteiger partial charge in [0, 0.05) is 22.0 Å². The largest absolute Gasteiger partial charge is 0.325 e. The first kappa shape index (κ1) is 24.0. The van der Waals surface area contributed by atoms with Gasteiger partial charge in [-0.2, -0.15) is 0 Å². The number of aromatic nitrogens is 3. The molecule has 0 atom stereocenters. The molecule has 0 fully saturated rings. The first-order valence-corrected chi connectivity index (χ1v) is 12.4. The number of nitrogens with one attached hydrogen (secondary N) is 1. The van der Waals surface area contributed by atoms with Gasteiger partial charge in [-0.15, -0.1) is 10.2 Å². The average molecular weight is 491 g/mol. The standard InChI is InChI=1S/C27H27ClN4OS/c1-18-6-5-7-22(16-18)29-24(33)17-34-26-31-30-25(32(26)23-14-12-21(28)13-15-23)19-8-10-20(11-9-19)27(2,3)4/h5-16H,17H2,1-4H3,(H,29,33). The minimum Gasteiger partial charge on any atom is -0.325 e. The van der Waals surface area contributed by atoms with Crippen molar-refractivity contribution in [2.24, 2.45) is 0 Å². The van der Waals surface area contributed by atoms with Gasteiger partial charge in [-0.05, 0) is 59.9 Å². The molecule has 0 bridgehead atoms. The maximum atomic E-state index is 12.6. The summed E-state index contributed by atoms with van der Waals surface area (Å²) in [6.45, 7) is 8.56. The third kappa shape index (κ3) is 5.69. The SMILES string of the molecule is Cc1cccc(NC(=O)CSc2nnc(-c3ccc(C(C)(C)C)cc3)n2-c2ccc(Cl)cc2)c1. The van der Waals surface area contributed by atoms with Gasteiger partial charge >= 0.3 is 0 Å². The summed E-state index contributed by atoms with van der Waals surface area (Å²) in [5.74, 6) is 0.824. The number of carbonyl (C=O) groups is 1. The molecule has 5 nitrogen and oxygen atoms in total. The molecule has 1 N–H and O–H groups in total. The van der Waals surface area contributed by atoms with E-state index >= 15 is 0 Å². The van der Waals surface area contributed by atoms with Gasteiger partial charge in [-0.3, -0.25) is 9.36 Å². The van der Waals surface area contributed by atoms with Crippen LogP contribution in [0, 0.1) is 6.92 Å². The lowest BCUT2D eigenvalue weighted by Crippen LogP contribution is -2.14. The molecule has 0 spiro atoms. The van der Waals surface area contributed by atoms with E-state index in [4.69, 9.17) is 11.6 Å². The Bertz CT molecular complexity index is 1290. The van der Waals surface area contributed by atoms with Gasteiger partial charge in [0.15, 0.2) is 11.0 Å². The van der Waals surface area contributed by atoms with E-state index in [1.54, 1.807) is 0 Å². The van der Waals surface area contributed by atoms with Crippen LogP contribution in [0.1, 0.15) is 31.9 Å². The fourth-order valence-corrected chi connectivity index (χ4v) is 4.42. The highest BCUT2D eigenvalue weighted by Gasteiger charge is 2.19. The topological polar surface area (TPSA) is 59.8 Å². The Kier molecular flexibility index (Phi) is 7.10. The predicted octanol–water partition coefficient (Wildman–Crippen LogP) is 6.92. The zero-order valence-corrected chi connectivity index (χ0v) is 21.2. The smallest absolute Gasteiger partial charge is 0.234 e. The number of rotatable bonds is 6. The predicted molar refractivity (Wildman–Crippen MR) is 141 cm³/mol. The van der Waals surface area contributed by atoms with E-state index in [2.05, 4.69) is 60.6 Å². The number of halogens is 1. The van der Waals surface area contributed by atoms with Gasteiger partial charge in [0.2, 0.25) is 5.91 Å². The summed E-state index contributed by atoms with van der Waals surface area (Å²) in [6.07, 6.45) is 0. The Morgan fingerprint density at radius 2 is 1.71 bits per heavy atom. The molecule has 0 saturated carbocycles. The van der Waals surface area contributed by atoms with E-state index < -0.39 is 0 Å². The molecule has 1 aromatic heterocycles. The second-order valence-electron chi connectivity index (χ2n) is 9.15. The van der Waals surface area contributed by atoms with Crippen LogP contribution in [0.25, 0.3) is 17.1 Å². The number of amides is 1. The van der Waals surface area contributed by atoms with Gasteiger partial charge in [-0.25, -0.2) is 0 Å². The van der Waals surface area contributed by atoms with E-state index in [-0.39, 0.29) is 17.1 Å². The molecule has 1 amide bonds. The highest BCUT2D eigenvalue weighted by atomic mass is 35.5. The first-order valence-electron chi connectivity index (χ1n) is 11.0. The van der Waals surface area contributed by atoms with Gasteiger partial charge < -0.3 is 5.32 Å². The molecule has 174 valence electrons. The second-order valence-corrected chi connectivity index (χ2v) is 10.5. The second kappa shape index (κ2) is 10.0. The zero-order chi connectivity index (χ0) is 24.3. The quantitative estimate of drug-likeness (QED) is 0.298. The van der Waals surface area contributed by atoms with Crippen LogP contribution in [0.4, 0.5) is 5.69 Å². The van der Waals surface area contributed by atoms with Crippen LogP contribution < -0.4 is 5.32 Å². The van der Waals surface area contributed by atoms with Crippen molar-refractivity contribution >= 4 is 35.0 Å². The Morgan fingerprint density at radius 3 is 2.35 bits per heavy atom. The van der Waals surface area contributed by atoms with E-state index in [1.165, 1.54) is 17.3 Å². The van der Waals surface area contributed by atoms with Crippen LogP contribution in [0.2, 0.25) is 5.02 Å². The molecule has 0 radical (unpaired) electrons. The van der Waals surface area contributed by atoms with Crippen LogP contribution in [-0.2, 0) is 10.2 Å². The van der Waals surface area contributed by atoms with Crippen LogP contribution in [0.3, 0.4) is 0 Å². The lowest BCUT2D eigenvalue weighted by molar-refractivity contribution is -0.113. The van der Waals surface area contributed by atoms with Crippen LogP contribution in [0.15, 0.2) is 78.0 Å². The number of benzene rings is 3. The van der Waals surface area contributed by atoms with Crippen molar-refractivity contribution < 1.29 is 4.79 Å². The number of hydrogen-bond acceptors (Lipinski definition) is 4. The molecule has 4 aromatic rings. The summed E-state index contributed by atoms with van der Waals surface area (Å²) < 4.78 is 1.97. The Balaban J connectivity index is 1.62. The zero-order valence-electron chi connectivity index (χ0n) is 19.7. The van der Waals surface area contributed by atoms with E-state index in [9.17, 15) is 4.79 Å². The molecule has 1 heterocycles. The van der Waals surface area contributed by atoms with Crippen molar-refractivity contribution in [1.29, 1.82) is 0 Å². The minimum absolute atomic E-state index is 0.0635. The summed E-state index contributed by atoms with van der Waals surface area (Å²) in [4.78, 5) is 12.6. The van der Waals surface area contributed by atoms with Crippen LogP contribution in [-0.4, -0.2) is 26.4 Å². The first-order chi connectivity index (χ1) is 16.2. The Hall–Kier alpha value is -3.09. The highest BCUT2D eigenvalue weighted by Crippen LogP contribution is 2.30. The van der Waals surface area contributed by atoms with Crippen LogP contribution in [0.5, 0.6) is 0 Å². The van der Waals surface area contributed by atoms with Crippen molar-refractivity contribution in [3.63, 3.8) is 0 Å². The number of nitrogens with zero attached hydrogens (tertiary/aromatic N) is 3. The molecule has 0 saturated heterocycles. The van der Waals surface area contributed by atoms with Gasteiger partial charge in [0.1, 0.15) is 0 Å². The summed E-state index contributed by atoms with van der Waals surface area (Å²) in [5, 5.41) is 13.1. The lowest BCUT2D eigenvalue weighted by atomic mass is 9.87. The molecule has 3 aromatic carbocycles. The number of carbonyl (C=O) groups excluding carboxylic acids is 1. The Labute approximate surface area is 209 Å². The highest BCUT2D eigenvalue weighted by molar-refractivity contribution is 7.99. The van der Waals surface area contributed by atoms with Gasteiger partial charge in [0.25, 0.3) is 0 Å². The Morgan fingerprint density at radius 1 is 1.00 bits per heavy atom. The molecule has 0 aliphatic carbocycles. The van der Waals surface area contributed by atoms with E-state index in [0.717, 1.165) is 22.5 Å². The number of hydrogen-bond donors (Lipinski definition) is 1. The molecule has 0 aliphatic rings. The van der Waals surface area contributed by atoms with E-state index in [1.807, 2.05) is 60.0 Å². The third-order valence-electron chi connectivity index (χ3n) is 5.36. The van der Waals surface area contributed by atoms with Gasteiger partial charge in [-0.1, -0.05) is 80.5 Å². The van der Waals surface area contributed by atoms with Crippen molar-refractivity contribution in [3.8, 4) is 17.1 Å².